The Kier molecular flexibility index (Phi) is 4.62. The molecule has 0 fully saturated rings. The second kappa shape index (κ2) is 5.99. The van der Waals surface area contributed by atoms with Gasteiger partial charge >= 0.3 is 0 Å². The lowest BCUT2D eigenvalue weighted by molar-refractivity contribution is 0.180. The van der Waals surface area contributed by atoms with Crippen LogP contribution in [0.5, 0.6) is 11.5 Å². The van der Waals surface area contributed by atoms with Crippen LogP contribution in [0, 0.1) is 11.3 Å². The first-order valence-corrected chi connectivity index (χ1v) is 4.87. The molecular formula is C12H15NO3. The molecule has 0 unspecified atom stereocenters. The highest BCUT2D eigenvalue weighted by Crippen LogP contribution is 2.31. The topological polar surface area (TPSA) is 51.5 Å². The van der Waals surface area contributed by atoms with Crippen LogP contribution in [-0.2, 0) is 17.8 Å². The minimum Gasteiger partial charge on any atom is -0.496 e. The molecule has 1 rings (SSSR count). The molecule has 0 atom stereocenters. The third kappa shape index (κ3) is 2.44. The number of hydrogen-bond acceptors (Lipinski definition) is 4. The standard InChI is InChI=1S/C12H15NO3/c1-14-8-10-9(6-7-13)11(15-2)4-5-12(10)16-3/h4-5H,6,8H2,1-3H3. The Morgan fingerprint density at radius 3 is 2.06 bits per heavy atom. The van der Waals surface area contributed by atoms with Crippen molar-refractivity contribution < 1.29 is 14.2 Å². The molecule has 4 nitrogen and oxygen atoms in total. The Morgan fingerprint density at radius 2 is 1.62 bits per heavy atom. The van der Waals surface area contributed by atoms with Crippen LogP contribution in [0.2, 0.25) is 0 Å². The molecule has 0 radical (unpaired) electrons. The van der Waals surface area contributed by atoms with E-state index in [2.05, 4.69) is 6.07 Å². The molecule has 0 aliphatic rings. The normalized spacial score (nSPS) is 9.62. The summed E-state index contributed by atoms with van der Waals surface area (Å²) in [4.78, 5) is 0. The van der Waals surface area contributed by atoms with Gasteiger partial charge in [0.05, 0.1) is 33.3 Å². The number of ether oxygens (including phenoxy) is 3. The molecule has 1 aromatic carbocycles. The molecule has 16 heavy (non-hydrogen) atoms. The van der Waals surface area contributed by atoms with Crippen molar-refractivity contribution in [1.29, 1.82) is 5.26 Å². The fourth-order valence-corrected chi connectivity index (χ4v) is 1.61. The number of nitrogens with zero attached hydrogens (tertiary/aromatic N) is 1. The molecule has 0 aromatic heterocycles. The van der Waals surface area contributed by atoms with Crippen molar-refractivity contribution in [3.05, 3.63) is 23.3 Å². The lowest BCUT2D eigenvalue weighted by atomic mass is 10.0. The van der Waals surface area contributed by atoms with E-state index >= 15 is 0 Å². The van der Waals surface area contributed by atoms with Gasteiger partial charge in [0.15, 0.2) is 0 Å². The van der Waals surface area contributed by atoms with Crippen LogP contribution in [-0.4, -0.2) is 21.3 Å². The minimum absolute atomic E-state index is 0.277. The van der Waals surface area contributed by atoms with Crippen molar-refractivity contribution in [2.75, 3.05) is 21.3 Å². The highest BCUT2D eigenvalue weighted by atomic mass is 16.5. The van der Waals surface area contributed by atoms with Crippen LogP contribution in [0.4, 0.5) is 0 Å². The number of benzene rings is 1. The average molecular weight is 221 g/mol. The predicted octanol–water partition coefficient (Wildman–Crippen LogP) is 1.92. The van der Waals surface area contributed by atoms with E-state index < -0.39 is 0 Å². The van der Waals surface area contributed by atoms with Gasteiger partial charge in [-0.2, -0.15) is 5.26 Å². The lowest BCUT2D eigenvalue weighted by Crippen LogP contribution is -2.02. The van der Waals surface area contributed by atoms with Gasteiger partial charge in [0.2, 0.25) is 0 Å². The second-order valence-corrected chi connectivity index (χ2v) is 3.20. The first-order chi connectivity index (χ1) is 7.78. The average Bonchev–Trinajstić information content (AvgIpc) is 2.31. The van der Waals surface area contributed by atoms with Gasteiger partial charge in [-0.3, -0.25) is 0 Å². The van der Waals surface area contributed by atoms with Crippen LogP contribution in [0.25, 0.3) is 0 Å². The van der Waals surface area contributed by atoms with Crippen molar-refractivity contribution in [3.63, 3.8) is 0 Å². The summed E-state index contributed by atoms with van der Waals surface area (Å²) < 4.78 is 15.6. The highest BCUT2D eigenvalue weighted by Gasteiger charge is 2.14. The predicted molar refractivity (Wildman–Crippen MR) is 59.6 cm³/mol. The summed E-state index contributed by atoms with van der Waals surface area (Å²) in [6, 6.07) is 5.73. The Balaban J connectivity index is 3.29. The number of rotatable bonds is 5. The van der Waals surface area contributed by atoms with Crippen molar-refractivity contribution in [2.24, 2.45) is 0 Å². The number of nitriles is 1. The van der Waals surface area contributed by atoms with E-state index in [0.717, 1.165) is 11.1 Å². The Morgan fingerprint density at radius 1 is 1.06 bits per heavy atom. The molecule has 4 heteroatoms. The van der Waals surface area contributed by atoms with Gasteiger partial charge in [-0.15, -0.1) is 0 Å². The third-order valence-electron chi connectivity index (χ3n) is 2.33. The highest BCUT2D eigenvalue weighted by molar-refractivity contribution is 5.49. The van der Waals surface area contributed by atoms with Gasteiger partial charge in [0.25, 0.3) is 0 Å². The summed E-state index contributed by atoms with van der Waals surface area (Å²) in [5, 5.41) is 8.81. The van der Waals surface area contributed by atoms with Crippen LogP contribution in [0.15, 0.2) is 12.1 Å². The van der Waals surface area contributed by atoms with Gasteiger partial charge in [-0.05, 0) is 12.1 Å². The van der Waals surface area contributed by atoms with E-state index in [-0.39, 0.29) is 6.42 Å². The van der Waals surface area contributed by atoms with Crippen molar-refractivity contribution in [2.45, 2.75) is 13.0 Å². The maximum absolute atomic E-state index is 8.81. The molecule has 0 heterocycles. The SMILES string of the molecule is COCc1c(OC)ccc(OC)c1CC#N. The zero-order valence-corrected chi connectivity index (χ0v) is 9.74. The Labute approximate surface area is 95.4 Å². The van der Waals surface area contributed by atoms with E-state index in [0.29, 0.717) is 18.1 Å². The molecule has 1 aromatic rings. The van der Waals surface area contributed by atoms with E-state index in [9.17, 15) is 0 Å². The molecule has 0 spiro atoms. The molecule has 86 valence electrons. The fourth-order valence-electron chi connectivity index (χ4n) is 1.61. The maximum atomic E-state index is 8.81. The molecule has 0 bridgehead atoms. The van der Waals surface area contributed by atoms with E-state index in [1.807, 2.05) is 6.07 Å². The minimum atomic E-state index is 0.277. The molecule has 0 saturated carbocycles. The smallest absolute Gasteiger partial charge is 0.124 e. The van der Waals surface area contributed by atoms with Gasteiger partial charge in [-0.25, -0.2) is 0 Å². The van der Waals surface area contributed by atoms with Gasteiger partial charge < -0.3 is 14.2 Å². The van der Waals surface area contributed by atoms with Gasteiger partial charge in [-0.1, -0.05) is 0 Å². The number of methoxy groups -OCH3 is 3. The largest absolute Gasteiger partial charge is 0.496 e. The Hall–Kier alpha value is -1.73. The third-order valence-corrected chi connectivity index (χ3v) is 2.33. The molecule has 0 aliphatic carbocycles. The summed E-state index contributed by atoms with van der Waals surface area (Å²) in [6.45, 7) is 0.400. The summed E-state index contributed by atoms with van der Waals surface area (Å²) in [5.74, 6) is 1.40. The van der Waals surface area contributed by atoms with Crippen molar-refractivity contribution in [3.8, 4) is 17.6 Å². The number of hydrogen-bond donors (Lipinski definition) is 0. The summed E-state index contributed by atoms with van der Waals surface area (Å²) in [6.07, 6.45) is 0.277. The zero-order chi connectivity index (χ0) is 12.0. The van der Waals surface area contributed by atoms with E-state index in [1.165, 1.54) is 0 Å². The van der Waals surface area contributed by atoms with Gasteiger partial charge in [0.1, 0.15) is 11.5 Å². The zero-order valence-electron chi connectivity index (χ0n) is 9.74. The first-order valence-electron chi connectivity index (χ1n) is 4.87. The second-order valence-electron chi connectivity index (χ2n) is 3.20. The van der Waals surface area contributed by atoms with Crippen LogP contribution < -0.4 is 9.47 Å². The van der Waals surface area contributed by atoms with Crippen molar-refractivity contribution >= 4 is 0 Å². The fraction of sp³-hybridized carbons (Fsp3) is 0.417. The van der Waals surface area contributed by atoms with Gasteiger partial charge in [0, 0.05) is 18.2 Å². The maximum Gasteiger partial charge on any atom is 0.124 e. The Bertz CT molecular complexity index is 396. The van der Waals surface area contributed by atoms with Crippen LogP contribution >= 0.6 is 0 Å². The summed E-state index contributed by atoms with van der Waals surface area (Å²) in [7, 11) is 4.78. The van der Waals surface area contributed by atoms with E-state index in [1.54, 1.807) is 27.4 Å². The molecule has 0 amide bonds. The summed E-state index contributed by atoms with van der Waals surface area (Å²) in [5.41, 5.74) is 1.69. The van der Waals surface area contributed by atoms with Crippen LogP contribution in [0.3, 0.4) is 0 Å². The molecule has 0 N–H and O–H groups in total. The van der Waals surface area contributed by atoms with Crippen molar-refractivity contribution in [1.82, 2.24) is 0 Å². The molecular weight excluding hydrogens is 206 g/mol. The quantitative estimate of drug-likeness (QED) is 0.762. The van der Waals surface area contributed by atoms with E-state index in [4.69, 9.17) is 19.5 Å². The lowest BCUT2D eigenvalue weighted by Gasteiger charge is -2.14. The first kappa shape index (κ1) is 12.3. The molecule has 0 aliphatic heterocycles. The monoisotopic (exact) mass is 221 g/mol. The molecule has 0 saturated heterocycles. The van der Waals surface area contributed by atoms with Crippen LogP contribution in [0.1, 0.15) is 11.1 Å². The summed E-state index contributed by atoms with van der Waals surface area (Å²) >= 11 is 0.